The number of thiazole rings is 1. The van der Waals surface area contributed by atoms with Gasteiger partial charge in [0.05, 0.1) is 11.4 Å². The molecule has 0 spiro atoms. The molecule has 0 aliphatic carbocycles. The van der Waals surface area contributed by atoms with E-state index < -0.39 is 21.0 Å². The average Bonchev–Trinajstić information content (AvgIpc) is 2.80. The number of nitrogens with one attached hydrogen (secondary N) is 2. The lowest BCUT2D eigenvalue weighted by atomic mass is 10.2. The lowest BCUT2D eigenvalue weighted by molar-refractivity contribution is -0.116. The van der Waals surface area contributed by atoms with Crippen LogP contribution in [0.2, 0.25) is 0 Å². The van der Waals surface area contributed by atoms with Crippen molar-refractivity contribution < 1.29 is 13.2 Å². The Kier molecular flexibility index (Phi) is 3.78. The number of carbonyl (C=O) groups excluding carboxylic acids is 1. The molecule has 1 amide bonds. The van der Waals surface area contributed by atoms with E-state index in [-0.39, 0.29) is 5.75 Å². The molecular formula is C12H17N3O3S2. The first-order chi connectivity index (χ1) is 9.56. The van der Waals surface area contributed by atoms with Crippen LogP contribution in [0.1, 0.15) is 29.8 Å². The van der Waals surface area contributed by atoms with Crippen LogP contribution in [-0.4, -0.2) is 36.9 Å². The van der Waals surface area contributed by atoms with Crippen molar-refractivity contribution in [1.29, 1.82) is 0 Å². The normalized spacial score (nSPS) is 24.9. The van der Waals surface area contributed by atoms with Gasteiger partial charge in [-0.25, -0.2) is 13.4 Å². The SMILES string of the molecule is O=C(Nc1nc2c(s1)CNCC2)C1CCCCS1(=O)=O. The van der Waals surface area contributed by atoms with E-state index in [4.69, 9.17) is 0 Å². The van der Waals surface area contributed by atoms with Gasteiger partial charge in [-0.1, -0.05) is 6.42 Å². The summed E-state index contributed by atoms with van der Waals surface area (Å²) < 4.78 is 23.8. The molecule has 3 heterocycles. The number of rotatable bonds is 2. The molecule has 1 aromatic heterocycles. The minimum atomic E-state index is -3.29. The fourth-order valence-electron chi connectivity index (χ4n) is 2.61. The zero-order valence-corrected chi connectivity index (χ0v) is 12.6. The molecule has 2 aliphatic heterocycles. The lowest BCUT2D eigenvalue weighted by Gasteiger charge is -2.20. The van der Waals surface area contributed by atoms with Crippen molar-refractivity contribution in [2.24, 2.45) is 0 Å². The van der Waals surface area contributed by atoms with Crippen LogP contribution >= 0.6 is 11.3 Å². The third kappa shape index (κ3) is 2.72. The van der Waals surface area contributed by atoms with E-state index in [0.717, 1.165) is 36.5 Å². The molecule has 6 nitrogen and oxygen atoms in total. The Morgan fingerprint density at radius 3 is 3.00 bits per heavy atom. The summed E-state index contributed by atoms with van der Waals surface area (Å²) in [6.07, 6.45) is 2.71. The van der Waals surface area contributed by atoms with Gasteiger partial charge in [0.1, 0.15) is 5.25 Å². The van der Waals surface area contributed by atoms with Gasteiger partial charge in [0, 0.05) is 24.4 Å². The number of carbonyl (C=O) groups is 1. The van der Waals surface area contributed by atoms with Gasteiger partial charge in [-0.2, -0.15) is 0 Å². The van der Waals surface area contributed by atoms with Crippen molar-refractivity contribution in [3.05, 3.63) is 10.6 Å². The number of sulfone groups is 1. The van der Waals surface area contributed by atoms with Crippen molar-refractivity contribution in [2.45, 2.75) is 37.5 Å². The first kappa shape index (κ1) is 14.0. The summed E-state index contributed by atoms with van der Waals surface area (Å²) in [6, 6.07) is 0. The lowest BCUT2D eigenvalue weighted by Crippen LogP contribution is -2.39. The van der Waals surface area contributed by atoms with E-state index in [1.165, 1.54) is 11.3 Å². The summed E-state index contributed by atoms with van der Waals surface area (Å²) in [4.78, 5) is 17.7. The van der Waals surface area contributed by atoms with Gasteiger partial charge in [-0.15, -0.1) is 11.3 Å². The van der Waals surface area contributed by atoms with Crippen LogP contribution in [0.5, 0.6) is 0 Å². The van der Waals surface area contributed by atoms with E-state index in [2.05, 4.69) is 15.6 Å². The Balaban J connectivity index is 1.74. The van der Waals surface area contributed by atoms with Crippen LogP contribution in [0.25, 0.3) is 0 Å². The Morgan fingerprint density at radius 1 is 1.40 bits per heavy atom. The highest BCUT2D eigenvalue weighted by molar-refractivity contribution is 7.92. The summed E-state index contributed by atoms with van der Waals surface area (Å²) in [5, 5.41) is 5.54. The molecule has 1 fully saturated rings. The van der Waals surface area contributed by atoms with Gasteiger partial charge in [0.15, 0.2) is 15.0 Å². The predicted molar refractivity (Wildman–Crippen MR) is 77.6 cm³/mol. The molecule has 1 atom stereocenters. The fraction of sp³-hybridized carbons (Fsp3) is 0.667. The average molecular weight is 315 g/mol. The molecule has 1 unspecified atom stereocenters. The molecule has 2 N–H and O–H groups in total. The number of nitrogens with zero attached hydrogens (tertiary/aromatic N) is 1. The van der Waals surface area contributed by atoms with Crippen LogP contribution in [0.3, 0.4) is 0 Å². The van der Waals surface area contributed by atoms with E-state index in [1.807, 2.05) is 0 Å². The molecule has 1 saturated heterocycles. The van der Waals surface area contributed by atoms with Crippen LogP contribution in [0.4, 0.5) is 5.13 Å². The molecular weight excluding hydrogens is 298 g/mol. The van der Waals surface area contributed by atoms with Gasteiger partial charge in [0.2, 0.25) is 5.91 Å². The molecule has 110 valence electrons. The number of anilines is 1. The monoisotopic (exact) mass is 315 g/mol. The Morgan fingerprint density at radius 2 is 2.25 bits per heavy atom. The van der Waals surface area contributed by atoms with Crippen molar-refractivity contribution >= 4 is 32.2 Å². The summed E-state index contributed by atoms with van der Waals surface area (Å²) in [5.74, 6) is -0.313. The molecule has 20 heavy (non-hydrogen) atoms. The zero-order valence-electron chi connectivity index (χ0n) is 11.0. The van der Waals surface area contributed by atoms with Crippen molar-refractivity contribution in [3.63, 3.8) is 0 Å². The largest absolute Gasteiger partial charge is 0.311 e. The maximum absolute atomic E-state index is 12.2. The van der Waals surface area contributed by atoms with E-state index in [0.29, 0.717) is 18.0 Å². The minimum absolute atomic E-state index is 0.114. The third-order valence-corrected chi connectivity index (χ3v) is 6.89. The van der Waals surface area contributed by atoms with Gasteiger partial charge in [-0.3, -0.25) is 4.79 Å². The highest BCUT2D eigenvalue weighted by Gasteiger charge is 2.35. The van der Waals surface area contributed by atoms with Gasteiger partial charge < -0.3 is 10.6 Å². The molecule has 3 rings (SSSR count). The summed E-state index contributed by atoms with van der Waals surface area (Å²) in [7, 11) is -3.29. The summed E-state index contributed by atoms with van der Waals surface area (Å²) in [5.41, 5.74) is 1.01. The second-order valence-corrected chi connectivity index (χ2v) is 8.54. The van der Waals surface area contributed by atoms with Gasteiger partial charge in [0.25, 0.3) is 0 Å². The first-order valence-corrected chi connectivity index (χ1v) is 9.31. The van der Waals surface area contributed by atoms with E-state index >= 15 is 0 Å². The van der Waals surface area contributed by atoms with Gasteiger partial charge in [-0.05, 0) is 12.8 Å². The number of hydrogen-bond acceptors (Lipinski definition) is 6. The van der Waals surface area contributed by atoms with Crippen LogP contribution in [0.15, 0.2) is 0 Å². The molecule has 8 heteroatoms. The minimum Gasteiger partial charge on any atom is -0.311 e. The van der Waals surface area contributed by atoms with Crippen LogP contribution in [-0.2, 0) is 27.6 Å². The molecule has 1 aromatic rings. The first-order valence-electron chi connectivity index (χ1n) is 6.78. The molecule has 2 aliphatic rings. The maximum Gasteiger partial charge on any atom is 0.244 e. The number of aromatic nitrogens is 1. The van der Waals surface area contributed by atoms with Crippen molar-refractivity contribution in [2.75, 3.05) is 17.6 Å². The molecule has 0 aromatic carbocycles. The van der Waals surface area contributed by atoms with Crippen molar-refractivity contribution in [3.8, 4) is 0 Å². The second kappa shape index (κ2) is 5.42. The highest BCUT2D eigenvalue weighted by atomic mass is 32.2. The summed E-state index contributed by atoms with van der Waals surface area (Å²) in [6.45, 7) is 1.66. The smallest absolute Gasteiger partial charge is 0.244 e. The van der Waals surface area contributed by atoms with Gasteiger partial charge >= 0.3 is 0 Å². The Labute approximate surface area is 121 Å². The number of fused-ring (bicyclic) bond motifs is 1. The Bertz CT molecular complexity index is 600. The third-order valence-electron chi connectivity index (χ3n) is 3.70. The quantitative estimate of drug-likeness (QED) is 0.838. The Hall–Kier alpha value is -0.990. The van der Waals surface area contributed by atoms with E-state index in [9.17, 15) is 13.2 Å². The highest BCUT2D eigenvalue weighted by Crippen LogP contribution is 2.27. The maximum atomic E-state index is 12.2. The number of hydrogen-bond donors (Lipinski definition) is 2. The molecule has 0 saturated carbocycles. The zero-order chi connectivity index (χ0) is 14.2. The van der Waals surface area contributed by atoms with Crippen LogP contribution < -0.4 is 10.6 Å². The molecule has 0 bridgehead atoms. The standard InChI is InChI=1S/C12H17N3O3S2/c16-11(10-3-1-2-6-20(10,17)18)15-12-14-8-4-5-13-7-9(8)19-12/h10,13H,1-7H2,(H,14,15,16). The van der Waals surface area contributed by atoms with E-state index in [1.54, 1.807) is 0 Å². The van der Waals surface area contributed by atoms with Crippen molar-refractivity contribution in [1.82, 2.24) is 10.3 Å². The number of amides is 1. The van der Waals surface area contributed by atoms with Crippen LogP contribution in [0, 0.1) is 0 Å². The predicted octanol–water partition coefficient (Wildman–Crippen LogP) is 0.695. The topological polar surface area (TPSA) is 88.2 Å². The fourth-order valence-corrected chi connectivity index (χ4v) is 5.40. The molecule has 0 radical (unpaired) electrons. The summed E-state index contributed by atoms with van der Waals surface area (Å²) >= 11 is 1.43. The second-order valence-electron chi connectivity index (χ2n) is 5.16.